The number of hydrogen-bond donors (Lipinski definition) is 1. The van der Waals surface area contributed by atoms with Crippen molar-refractivity contribution in [3.05, 3.63) is 22.4 Å². The number of amides is 1. The third-order valence-electron chi connectivity index (χ3n) is 6.89. The molecule has 25 heavy (non-hydrogen) atoms. The monoisotopic (exact) mass is 361 g/mol. The maximum absolute atomic E-state index is 13.0. The van der Waals surface area contributed by atoms with Crippen LogP contribution in [0.3, 0.4) is 0 Å². The second kappa shape index (κ2) is 5.83. The predicted octanol–water partition coefficient (Wildman–Crippen LogP) is 3.51. The highest BCUT2D eigenvalue weighted by Gasteiger charge is 2.59. The van der Waals surface area contributed by atoms with Crippen LogP contribution in [0, 0.1) is 23.2 Å². The van der Waals surface area contributed by atoms with Gasteiger partial charge in [0.1, 0.15) is 0 Å². The van der Waals surface area contributed by atoms with Crippen molar-refractivity contribution in [2.75, 3.05) is 7.11 Å². The van der Waals surface area contributed by atoms with E-state index in [0.29, 0.717) is 17.8 Å². The highest BCUT2D eigenvalue weighted by atomic mass is 32.1. The number of ether oxygens (including phenoxy) is 1. The summed E-state index contributed by atoms with van der Waals surface area (Å²) < 4.78 is 5.13. The van der Waals surface area contributed by atoms with E-state index in [2.05, 4.69) is 5.32 Å². The summed E-state index contributed by atoms with van der Waals surface area (Å²) in [5.74, 6) is 1.52. The summed E-state index contributed by atoms with van der Waals surface area (Å²) in [4.78, 5) is 26.5. The first-order chi connectivity index (χ1) is 11.9. The van der Waals surface area contributed by atoms with Crippen molar-refractivity contribution >= 4 is 23.2 Å². The lowest BCUT2D eigenvalue weighted by atomic mass is 9.48. The molecule has 2 unspecified atom stereocenters. The molecule has 0 radical (unpaired) electrons. The van der Waals surface area contributed by atoms with Crippen molar-refractivity contribution < 1.29 is 14.3 Å². The van der Waals surface area contributed by atoms with Gasteiger partial charge in [-0.3, -0.25) is 9.59 Å². The van der Waals surface area contributed by atoms with Crippen LogP contribution in [0.25, 0.3) is 0 Å². The molecule has 1 amide bonds. The molecule has 5 heteroatoms. The Kier molecular flexibility index (Phi) is 3.98. The van der Waals surface area contributed by atoms with Crippen LogP contribution in [0.5, 0.6) is 0 Å². The van der Waals surface area contributed by atoms with Gasteiger partial charge in [-0.15, -0.1) is 11.3 Å². The minimum absolute atomic E-state index is 0.0319. The van der Waals surface area contributed by atoms with Gasteiger partial charge >= 0.3 is 5.97 Å². The van der Waals surface area contributed by atoms with Crippen molar-refractivity contribution in [1.82, 2.24) is 5.32 Å². The number of hydrogen-bond acceptors (Lipinski definition) is 4. The van der Waals surface area contributed by atoms with E-state index in [1.165, 1.54) is 7.11 Å². The number of thiophene rings is 1. The van der Waals surface area contributed by atoms with Crippen molar-refractivity contribution in [3.63, 3.8) is 0 Å². The van der Waals surface area contributed by atoms with E-state index in [-0.39, 0.29) is 23.3 Å². The fourth-order valence-corrected chi connectivity index (χ4v) is 6.65. The largest absolute Gasteiger partial charge is 0.469 e. The van der Waals surface area contributed by atoms with Gasteiger partial charge in [-0.25, -0.2) is 0 Å². The zero-order chi connectivity index (χ0) is 17.8. The predicted molar refractivity (Wildman–Crippen MR) is 97.3 cm³/mol. The van der Waals surface area contributed by atoms with Crippen molar-refractivity contribution in [3.8, 4) is 0 Å². The quantitative estimate of drug-likeness (QED) is 0.835. The average Bonchev–Trinajstić information content (AvgIpc) is 3.11. The molecule has 0 aliphatic heterocycles. The van der Waals surface area contributed by atoms with E-state index in [9.17, 15) is 9.59 Å². The minimum atomic E-state index is -0.511. The summed E-state index contributed by atoms with van der Waals surface area (Å²) in [5, 5.41) is 5.40. The van der Waals surface area contributed by atoms with Crippen molar-refractivity contribution in [2.24, 2.45) is 23.2 Å². The second-order valence-electron chi connectivity index (χ2n) is 8.84. The first-order valence-electron chi connectivity index (χ1n) is 9.29. The summed E-state index contributed by atoms with van der Waals surface area (Å²) in [6.07, 6.45) is 5.00. The summed E-state index contributed by atoms with van der Waals surface area (Å²) in [6, 6.07) is 4.24. The number of carbonyl (C=O) groups excluding carboxylic acids is 2. The van der Waals surface area contributed by atoms with Crippen molar-refractivity contribution in [1.29, 1.82) is 0 Å². The topological polar surface area (TPSA) is 55.4 Å². The van der Waals surface area contributed by atoms with Gasteiger partial charge in [0.2, 0.25) is 5.91 Å². The fourth-order valence-electron chi connectivity index (χ4n) is 5.80. The van der Waals surface area contributed by atoms with Gasteiger partial charge in [-0.05, 0) is 75.2 Å². The van der Waals surface area contributed by atoms with Crippen LogP contribution in [0.2, 0.25) is 0 Å². The van der Waals surface area contributed by atoms with E-state index < -0.39 is 5.41 Å². The van der Waals surface area contributed by atoms with Gasteiger partial charge in [-0.1, -0.05) is 6.07 Å². The minimum Gasteiger partial charge on any atom is -0.469 e. The van der Waals surface area contributed by atoms with E-state index in [4.69, 9.17) is 4.74 Å². The van der Waals surface area contributed by atoms with Gasteiger partial charge in [0.15, 0.2) is 0 Å². The van der Waals surface area contributed by atoms with E-state index >= 15 is 0 Å². The third-order valence-corrected chi connectivity index (χ3v) is 8.09. The summed E-state index contributed by atoms with van der Waals surface area (Å²) in [6.45, 7) is 4.00. The van der Waals surface area contributed by atoms with E-state index in [1.54, 1.807) is 11.3 Å². The lowest BCUT2D eigenvalue weighted by Crippen LogP contribution is -2.62. The fraction of sp³-hybridized carbons (Fsp3) is 0.700. The standard InChI is InChI=1S/C20H27NO3S/c1-19(2,15-5-4-6-25-15)17(22)21-16-13-7-12-8-14(16)11-20(9-12,10-13)18(23)24-3/h4-6,12-14,16H,7-11H2,1-3H3,(H,21,22). The van der Waals surface area contributed by atoms with Crippen LogP contribution >= 0.6 is 11.3 Å². The molecule has 0 spiro atoms. The Morgan fingerprint density at radius 1 is 1.24 bits per heavy atom. The molecule has 1 N–H and O–H groups in total. The van der Waals surface area contributed by atoms with Crippen LogP contribution in [0.4, 0.5) is 0 Å². The lowest BCUT2D eigenvalue weighted by molar-refractivity contribution is -0.171. The number of methoxy groups -OCH3 is 1. The third kappa shape index (κ3) is 2.62. The maximum atomic E-state index is 13.0. The van der Waals surface area contributed by atoms with Crippen LogP contribution in [0.1, 0.15) is 50.8 Å². The molecule has 5 rings (SSSR count). The molecule has 2 atom stereocenters. The molecule has 1 heterocycles. The Hall–Kier alpha value is -1.36. The molecule has 4 nitrogen and oxygen atoms in total. The van der Waals surface area contributed by atoms with Crippen LogP contribution in [-0.2, 0) is 19.7 Å². The Balaban J connectivity index is 1.52. The Morgan fingerprint density at radius 3 is 2.48 bits per heavy atom. The SMILES string of the molecule is COC(=O)C12CC3CC(C1)C(NC(=O)C(C)(C)c1cccs1)C(C3)C2. The molecule has 136 valence electrons. The molecule has 4 aliphatic carbocycles. The lowest BCUT2D eigenvalue weighted by Gasteiger charge is -2.58. The zero-order valence-corrected chi connectivity index (χ0v) is 16.0. The molecular weight excluding hydrogens is 334 g/mol. The smallest absolute Gasteiger partial charge is 0.311 e. The Labute approximate surface area is 153 Å². The number of nitrogens with one attached hydrogen (secondary N) is 1. The Bertz CT molecular complexity index is 665. The molecule has 0 aromatic carbocycles. The molecule has 4 bridgehead atoms. The number of carbonyl (C=O) groups is 2. The van der Waals surface area contributed by atoms with Gasteiger partial charge in [0.25, 0.3) is 0 Å². The zero-order valence-electron chi connectivity index (χ0n) is 15.2. The van der Waals surface area contributed by atoms with Gasteiger partial charge < -0.3 is 10.1 Å². The van der Waals surface area contributed by atoms with Gasteiger partial charge in [0, 0.05) is 10.9 Å². The van der Waals surface area contributed by atoms with Crippen LogP contribution in [0.15, 0.2) is 17.5 Å². The van der Waals surface area contributed by atoms with Crippen LogP contribution < -0.4 is 5.32 Å². The van der Waals surface area contributed by atoms with Gasteiger partial charge in [0.05, 0.1) is 17.9 Å². The van der Waals surface area contributed by atoms with Gasteiger partial charge in [-0.2, -0.15) is 0 Å². The van der Waals surface area contributed by atoms with Crippen LogP contribution in [-0.4, -0.2) is 25.0 Å². The van der Waals surface area contributed by atoms with E-state index in [1.807, 2.05) is 31.4 Å². The normalized spacial score (nSPS) is 36.3. The first-order valence-corrected chi connectivity index (χ1v) is 10.2. The molecule has 4 saturated carbocycles. The highest BCUT2D eigenvalue weighted by Crippen LogP contribution is 2.60. The number of esters is 1. The van der Waals surface area contributed by atoms with E-state index in [0.717, 1.165) is 37.0 Å². The maximum Gasteiger partial charge on any atom is 0.311 e. The average molecular weight is 362 g/mol. The molecule has 0 saturated heterocycles. The molecule has 1 aromatic heterocycles. The summed E-state index contributed by atoms with van der Waals surface area (Å²) >= 11 is 1.63. The molecule has 4 aliphatic rings. The Morgan fingerprint density at radius 2 is 1.92 bits per heavy atom. The molecular formula is C20H27NO3S. The first kappa shape index (κ1) is 17.1. The summed E-state index contributed by atoms with van der Waals surface area (Å²) in [7, 11) is 1.50. The highest BCUT2D eigenvalue weighted by molar-refractivity contribution is 7.10. The second-order valence-corrected chi connectivity index (χ2v) is 9.79. The molecule has 1 aromatic rings. The summed E-state index contributed by atoms with van der Waals surface area (Å²) in [5.41, 5.74) is -0.793. The molecule has 4 fully saturated rings. The number of rotatable bonds is 4. The van der Waals surface area contributed by atoms with Crippen molar-refractivity contribution in [2.45, 2.75) is 57.4 Å².